The van der Waals surface area contributed by atoms with Crippen LogP contribution >= 0.6 is 0 Å². The summed E-state index contributed by atoms with van der Waals surface area (Å²) in [5.41, 5.74) is -0.375. The fraction of sp³-hybridized carbons (Fsp3) is 0.0625. The SMILES string of the molecule is COc1cc2ccc3cc(O)cc4oc(=O)c(c1O)c2c34. The van der Waals surface area contributed by atoms with Crippen molar-refractivity contribution in [1.82, 2.24) is 0 Å². The van der Waals surface area contributed by atoms with Crippen LogP contribution in [0, 0.1) is 0 Å². The molecule has 0 atom stereocenters. The number of aromatic hydroxyl groups is 2. The van der Waals surface area contributed by atoms with Crippen molar-refractivity contribution in [2.24, 2.45) is 0 Å². The molecule has 0 amide bonds. The Morgan fingerprint density at radius 3 is 2.43 bits per heavy atom. The van der Waals surface area contributed by atoms with Crippen molar-refractivity contribution >= 4 is 32.5 Å². The van der Waals surface area contributed by atoms with Gasteiger partial charge in [-0.3, -0.25) is 0 Å². The lowest BCUT2D eigenvalue weighted by molar-refractivity contribution is 0.376. The molecule has 2 N–H and O–H groups in total. The van der Waals surface area contributed by atoms with E-state index in [0.29, 0.717) is 10.8 Å². The van der Waals surface area contributed by atoms with Crippen LogP contribution in [-0.4, -0.2) is 17.3 Å². The van der Waals surface area contributed by atoms with E-state index in [9.17, 15) is 15.0 Å². The smallest absolute Gasteiger partial charge is 0.348 e. The number of methoxy groups -OCH3 is 1. The fourth-order valence-corrected chi connectivity index (χ4v) is 2.85. The predicted octanol–water partition coefficient (Wildman–Crippen LogP) is 2.96. The zero-order valence-corrected chi connectivity index (χ0v) is 11.0. The summed E-state index contributed by atoms with van der Waals surface area (Å²) in [4.78, 5) is 12.2. The third-order valence-corrected chi connectivity index (χ3v) is 3.73. The van der Waals surface area contributed by atoms with Gasteiger partial charge in [-0.25, -0.2) is 4.79 Å². The van der Waals surface area contributed by atoms with E-state index in [1.54, 1.807) is 12.1 Å². The summed E-state index contributed by atoms with van der Waals surface area (Å²) >= 11 is 0. The molecule has 0 radical (unpaired) electrons. The minimum Gasteiger partial charge on any atom is -0.508 e. The molecule has 4 aromatic rings. The summed E-state index contributed by atoms with van der Waals surface area (Å²) in [5.74, 6) is 0.00286. The fourth-order valence-electron chi connectivity index (χ4n) is 2.85. The van der Waals surface area contributed by atoms with Crippen molar-refractivity contribution in [2.75, 3.05) is 7.11 Å². The molecule has 5 nitrogen and oxygen atoms in total. The molecule has 21 heavy (non-hydrogen) atoms. The maximum atomic E-state index is 12.2. The highest BCUT2D eigenvalue weighted by Gasteiger charge is 2.19. The van der Waals surface area contributed by atoms with Gasteiger partial charge in [-0.1, -0.05) is 12.1 Å². The molecule has 0 aliphatic heterocycles. The van der Waals surface area contributed by atoms with E-state index in [0.717, 1.165) is 10.8 Å². The average molecular weight is 282 g/mol. The second-order valence-corrected chi connectivity index (χ2v) is 4.90. The number of phenols is 2. The summed E-state index contributed by atoms with van der Waals surface area (Å²) in [5, 5.41) is 22.8. The molecular weight excluding hydrogens is 272 g/mol. The second kappa shape index (κ2) is 3.79. The standard InChI is InChI=1S/C16H10O5/c1-20-11-5-8-3-2-7-4-9(17)6-10-12(7)13(8)14(15(11)18)16(19)21-10/h2-6,17-18H,1H3. The van der Waals surface area contributed by atoms with Gasteiger partial charge in [0.05, 0.1) is 7.11 Å². The van der Waals surface area contributed by atoms with Crippen molar-refractivity contribution in [2.45, 2.75) is 0 Å². The Morgan fingerprint density at radius 1 is 1.00 bits per heavy atom. The quantitative estimate of drug-likeness (QED) is 0.414. The molecule has 1 heterocycles. The predicted molar refractivity (Wildman–Crippen MR) is 78.6 cm³/mol. The first-order valence-electron chi connectivity index (χ1n) is 6.31. The van der Waals surface area contributed by atoms with Crippen LogP contribution in [0.5, 0.6) is 17.2 Å². The van der Waals surface area contributed by atoms with Gasteiger partial charge in [0.15, 0.2) is 11.5 Å². The highest BCUT2D eigenvalue weighted by Crippen LogP contribution is 2.42. The normalized spacial score (nSPS) is 11.7. The van der Waals surface area contributed by atoms with Crippen LogP contribution in [0.2, 0.25) is 0 Å². The molecule has 0 saturated carbocycles. The summed E-state index contributed by atoms with van der Waals surface area (Å²) in [6.07, 6.45) is 0. The molecule has 0 bridgehead atoms. The Hall–Kier alpha value is -2.95. The highest BCUT2D eigenvalue weighted by atomic mass is 16.5. The van der Waals surface area contributed by atoms with Crippen LogP contribution in [0.15, 0.2) is 39.5 Å². The van der Waals surface area contributed by atoms with Crippen LogP contribution in [0.1, 0.15) is 0 Å². The Labute approximate surface area is 117 Å². The van der Waals surface area contributed by atoms with Crippen molar-refractivity contribution in [3.05, 3.63) is 40.8 Å². The molecule has 0 saturated heterocycles. The summed E-state index contributed by atoms with van der Waals surface area (Å²) in [7, 11) is 1.42. The second-order valence-electron chi connectivity index (χ2n) is 4.90. The minimum atomic E-state index is -0.665. The summed E-state index contributed by atoms with van der Waals surface area (Å²) in [6, 6.07) is 8.28. The van der Waals surface area contributed by atoms with Gasteiger partial charge >= 0.3 is 5.63 Å². The number of rotatable bonds is 1. The van der Waals surface area contributed by atoms with Crippen LogP contribution in [0.3, 0.4) is 0 Å². The van der Waals surface area contributed by atoms with E-state index in [4.69, 9.17) is 9.15 Å². The van der Waals surface area contributed by atoms with E-state index >= 15 is 0 Å². The number of phenolic OH excluding ortho intramolecular Hbond substituents is 2. The van der Waals surface area contributed by atoms with Crippen LogP contribution in [0.4, 0.5) is 0 Å². The van der Waals surface area contributed by atoms with E-state index in [-0.39, 0.29) is 28.2 Å². The topological polar surface area (TPSA) is 79.9 Å². The van der Waals surface area contributed by atoms with Gasteiger partial charge in [0.1, 0.15) is 16.7 Å². The van der Waals surface area contributed by atoms with E-state index in [1.807, 2.05) is 12.1 Å². The average Bonchev–Trinajstić information content (AvgIpc) is 2.45. The largest absolute Gasteiger partial charge is 0.508 e. The molecular formula is C16H10O5. The number of hydrogen-bond acceptors (Lipinski definition) is 5. The first kappa shape index (κ1) is 11.8. The molecule has 0 aliphatic carbocycles. The summed E-state index contributed by atoms with van der Waals surface area (Å²) in [6.45, 7) is 0. The first-order valence-corrected chi connectivity index (χ1v) is 6.31. The lowest BCUT2D eigenvalue weighted by atomic mass is 9.97. The van der Waals surface area contributed by atoms with Gasteiger partial charge in [0.2, 0.25) is 0 Å². The minimum absolute atomic E-state index is 0.0193. The first-order chi connectivity index (χ1) is 10.1. The zero-order valence-electron chi connectivity index (χ0n) is 11.0. The van der Waals surface area contributed by atoms with Gasteiger partial charge in [0.25, 0.3) is 0 Å². The maximum absolute atomic E-state index is 12.2. The lowest BCUT2D eigenvalue weighted by Gasteiger charge is -2.12. The van der Waals surface area contributed by atoms with Gasteiger partial charge in [-0.05, 0) is 22.9 Å². The zero-order chi connectivity index (χ0) is 14.7. The van der Waals surface area contributed by atoms with Crippen LogP contribution < -0.4 is 10.4 Å². The molecule has 4 rings (SSSR count). The van der Waals surface area contributed by atoms with Gasteiger partial charge < -0.3 is 19.4 Å². The van der Waals surface area contributed by atoms with E-state index in [2.05, 4.69) is 0 Å². The van der Waals surface area contributed by atoms with Gasteiger partial charge in [0, 0.05) is 16.8 Å². The Bertz CT molecular complexity index is 1060. The molecule has 5 heteroatoms. The van der Waals surface area contributed by atoms with Crippen molar-refractivity contribution < 1.29 is 19.4 Å². The Kier molecular flexibility index (Phi) is 2.14. The highest BCUT2D eigenvalue weighted by molar-refractivity contribution is 6.23. The molecule has 1 aromatic heterocycles. The van der Waals surface area contributed by atoms with E-state index < -0.39 is 5.63 Å². The van der Waals surface area contributed by atoms with Crippen molar-refractivity contribution in [1.29, 1.82) is 0 Å². The maximum Gasteiger partial charge on any atom is 0.348 e. The molecule has 0 spiro atoms. The Balaban J connectivity index is 2.42. The third kappa shape index (κ3) is 1.43. The number of ether oxygens (including phenoxy) is 1. The third-order valence-electron chi connectivity index (χ3n) is 3.73. The molecule has 0 aliphatic rings. The number of benzene rings is 3. The lowest BCUT2D eigenvalue weighted by Crippen LogP contribution is -2.02. The van der Waals surface area contributed by atoms with Gasteiger partial charge in [-0.15, -0.1) is 0 Å². The summed E-state index contributed by atoms with van der Waals surface area (Å²) < 4.78 is 10.3. The van der Waals surface area contributed by atoms with Gasteiger partial charge in [-0.2, -0.15) is 0 Å². The van der Waals surface area contributed by atoms with Crippen LogP contribution in [-0.2, 0) is 0 Å². The van der Waals surface area contributed by atoms with E-state index in [1.165, 1.54) is 13.2 Å². The molecule has 3 aromatic carbocycles. The monoisotopic (exact) mass is 282 g/mol. The van der Waals surface area contributed by atoms with Crippen molar-refractivity contribution in [3.63, 3.8) is 0 Å². The Morgan fingerprint density at radius 2 is 1.71 bits per heavy atom. The van der Waals surface area contributed by atoms with Crippen LogP contribution in [0.25, 0.3) is 32.5 Å². The molecule has 104 valence electrons. The van der Waals surface area contributed by atoms with Crippen molar-refractivity contribution in [3.8, 4) is 17.2 Å². The molecule has 0 fully saturated rings. The molecule has 0 unspecified atom stereocenters. The number of hydrogen-bond donors (Lipinski definition) is 2.